The summed E-state index contributed by atoms with van der Waals surface area (Å²) in [4.78, 5) is 5.87. The standard InChI is InChI=1S/C26H28F3N3O2/c1-15-13-32(9-10-33-15)23-14-34-24-11-17(26(27,28)29)7-8-18(24)25(23)31-21-4-2-3-20-19(21)12-22(30-20)16-5-6-16/h2-4,7-8,11-12,15-16,23,25,30-31H,5-6,9-10,13-14H2,1H3/t15-,23+,25+/m1/s1. The van der Waals surface area contributed by atoms with E-state index in [-0.39, 0.29) is 18.2 Å². The minimum Gasteiger partial charge on any atom is -0.491 e. The number of rotatable bonds is 4. The molecule has 2 fully saturated rings. The summed E-state index contributed by atoms with van der Waals surface area (Å²) in [5.41, 5.74) is 3.36. The van der Waals surface area contributed by atoms with Gasteiger partial charge in [-0.1, -0.05) is 12.1 Å². The number of halogens is 3. The molecule has 0 bridgehead atoms. The third kappa shape index (κ3) is 4.03. The van der Waals surface area contributed by atoms with Gasteiger partial charge in [-0.2, -0.15) is 13.2 Å². The first kappa shape index (κ1) is 21.8. The molecule has 3 atom stereocenters. The highest BCUT2D eigenvalue weighted by molar-refractivity contribution is 5.93. The second-order valence-corrected chi connectivity index (χ2v) is 9.69. The van der Waals surface area contributed by atoms with E-state index in [9.17, 15) is 13.2 Å². The molecule has 3 aromatic rings. The fourth-order valence-corrected chi connectivity index (χ4v) is 5.29. The highest BCUT2D eigenvalue weighted by Crippen LogP contribution is 2.44. The molecule has 2 aliphatic heterocycles. The lowest BCUT2D eigenvalue weighted by Gasteiger charge is -2.44. The zero-order chi connectivity index (χ0) is 23.4. The third-order valence-corrected chi connectivity index (χ3v) is 7.22. The highest BCUT2D eigenvalue weighted by Gasteiger charge is 2.39. The Bertz CT molecular complexity index is 1200. The second-order valence-electron chi connectivity index (χ2n) is 9.69. The summed E-state index contributed by atoms with van der Waals surface area (Å²) in [6.07, 6.45) is -1.89. The van der Waals surface area contributed by atoms with E-state index in [1.54, 1.807) is 6.07 Å². The summed E-state index contributed by atoms with van der Waals surface area (Å²) in [6.45, 7) is 4.49. The molecular weight excluding hydrogens is 443 g/mol. The average molecular weight is 472 g/mol. The fraction of sp³-hybridized carbons (Fsp3) is 0.462. The van der Waals surface area contributed by atoms with Crippen molar-refractivity contribution < 1.29 is 22.6 Å². The van der Waals surface area contributed by atoms with Crippen LogP contribution in [0.4, 0.5) is 18.9 Å². The van der Waals surface area contributed by atoms with E-state index in [0.29, 0.717) is 24.9 Å². The number of H-pyrrole nitrogens is 1. The van der Waals surface area contributed by atoms with Gasteiger partial charge in [-0.15, -0.1) is 0 Å². The summed E-state index contributed by atoms with van der Waals surface area (Å²) in [5.74, 6) is 0.900. The quantitative estimate of drug-likeness (QED) is 0.513. The minimum atomic E-state index is -4.41. The molecule has 2 aromatic carbocycles. The van der Waals surface area contributed by atoms with Crippen molar-refractivity contribution in [1.29, 1.82) is 0 Å². The molecule has 180 valence electrons. The summed E-state index contributed by atoms with van der Waals surface area (Å²) < 4.78 is 51.8. The maximum Gasteiger partial charge on any atom is 0.416 e. The molecule has 3 aliphatic rings. The van der Waals surface area contributed by atoms with E-state index in [0.717, 1.165) is 47.4 Å². The van der Waals surface area contributed by atoms with Gasteiger partial charge in [-0.3, -0.25) is 4.90 Å². The van der Waals surface area contributed by atoms with Crippen molar-refractivity contribution in [3.63, 3.8) is 0 Å². The van der Waals surface area contributed by atoms with Crippen LogP contribution < -0.4 is 10.1 Å². The van der Waals surface area contributed by atoms with Gasteiger partial charge in [0, 0.05) is 40.9 Å². The Balaban J connectivity index is 1.39. The first-order chi connectivity index (χ1) is 16.4. The predicted molar refractivity (Wildman–Crippen MR) is 124 cm³/mol. The zero-order valence-corrected chi connectivity index (χ0v) is 19.0. The topological polar surface area (TPSA) is 49.5 Å². The van der Waals surface area contributed by atoms with Gasteiger partial charge >= 0.3 is 6.18 Å². The van der Waals surface area contributed by atoms with E-state index in [2.05, 4.69) is 27.3 Å². The van der Waals surface area contributed by atoms with Crippen molar-refractivity contribution in [3.8, 4) is 5.75 Å². The summed E-state index contributed by atoms with van der Waals surface area (Å²) in [6, 6.07) is 11.9. The van der Waals surface area contributed by atoms with E-state index in [1.807, 2.05) is 19.1 Å². The van der Waals surface area contributed by atoms with Gasteiger partial charge in [0.2, 0.25) is 0 Å². The van der Waals surface area contributed by atoms with Gasteiger partial charge in [-0.25, -0.2) is 0 Å². The number of ether oxygens (including phenoxy) is 2. The van der Waals surface area contributed by atoms with Crippen molar-refractivity contribution in [3.05, 3.63) is 59.3 Å². The van der Waals surface area contributed by atoms with Crippen LogP contribution in [0.3, 0.4) is 0 Å². The molecule has 34 heavy (non-hydrogen) atoms. The van der Waals surface area contributed by atoms with E-state index >= 15 is 0 Å². The van der Waals surface area contributed by atoms with Crippen LogP contribution in [0.25, 0.3) is 10.9 Å². The number of benzene rings is 2. The normalized spacial score (nSPS) is 25.7. The number of morpholine rings is 1. The van der Waals surface area contributed by atoms with Crippen molar-refractivity contribution in [2.45, 2.75) is 50.0 Å². The Hall–Kier alpha value is -2.71. The monoisotopic (exact) mass is 471 g/mol. The lowest BCUT2D eigenvalue weighted by molar-refractivity contribution is -0.137. The van der Waals surface area contributed by atoms with E-state index in [4.69, 9.17) is 9.47 Å². The molecule has 3 heterocycles. The van der Waals surface area contributed by atoms with Crippen molar-refractivity contribution in [2.24, 2.45) is 0 Å². The first-order valence-corrected chi connectivity index (χ1v) is 11.9. The van der Waals surface area contributed by atoms with Crippen LogP contribution in [0.5, 0.6) is 5.75 Å². The number of anilines is 1. The van der Waals surface area contributed by atoms with Gasteiger partial charge in [0.25, 0.3) is 0 Å². The van der Waals surface area contributed by atoms with Gasteiger partial charge in [0.15, 0.2) is 0 Å². The molecule has 0 unspecified atom stereocenters. The number of aromatic amines is 1. The van der Waals surface area contributed by atoms with Crippen LogP contribution in [0.1, 0.15) is 48.5 Å². The molecule has 0 radical (unpaired) electrons. The first-order valence-electron chi connectivity index (χ1n) is 11.9. The highest BCUT2D eigenvalue weighted by atomic mass is 19.4. The Morgan fingerprint density at radius 1 is 1.12 bits per heavy atom. The van der Waals surface area contributed by atoms with Gasteiger partial charge in [0.05, 0.1) is 30.4 Å². The molecule has 1 saturated carbocycles. The van der Waals surface area contributed by atoms with Crippen LogP contribution in [0.2, 0.25) is 0 Å². The summed E-state index contributed by atoms with van der Waals surface area (Å²) in [7, 11) is 0. The molecular formula is C26H28F3N3O2. The SMILES string of the molecule is C[C@@H]1CN([C@H]2COc3cc(C(F)(F)F)ccc3[C@@H]2Nc2cccc3[nH]c(C4CC4)cc23)CCO1. The Kier molecular flexibility index (Phi) is 5.26. The number of alkyl halides is 3. The van der Waals surface area contributed by atoms with Crippen LogP contribution in [-0.2, 0) is 10.9 Å². The molecule has 0 amide bonds. The van der Waals surface area contributed by atoms with Crippen molar-refractivity contribution >= 4 is 16.6 Å². The average Bonchev–Trinajstić information content (AvgIpc) is 3.57. The molecule has 6 rings (SSSR count). The smallest absolute Gasteiger partial charge is 0.416 e. The summed E-state index contributed by atoms with van der Waals surface area (Å²) >= 11 is 0. The number of fused-ring (bicyclic) bond motifs is 2. The van der Waals surface area contributed by atoms with E-state index in [1.165, 1.54) is 18.5 Å². The molecule has 5 nitrogen and oxygen atoms in total. The van der Waals surface area contributed by atoms with Gasteiger partial charge < -0.3 is 19.8 Å². The number of nitrogens with zero attached hydrogens (tertiary/aromatic N) is 1. The van der Waals surface area contributed by atoms with Gasteiger partial charge in [-0.05, 0) is 56.0 Å². The molecule has 0 spiro atoms. The zero-order valence-electron chi connectivity index (χ0n) is 19.0. The lowest BCUT2D eigenvalue weighted by Crippen LogP contribution is -2.54. The van der Waals surface area contributed by atoms with Crippen LogP contribution in [-0.4, -0.2) is 48.3 Å². The predicted octanol–water partition coefficient (Wildman–Crippen LogP) is 5.70. The largest absolute Gasteiger partial charge is 0.491 e. The van der Waals surface area contributed by atoms with Crippen molar-refractivity contribution in [1.82, 2.24) is 9.88 Å². The van der Waals surface area contributed by atoms with Crippen LogP contribution in [0, 0.1) is 0 Å². The number of aromatic nitrogens is 1. The Morgan fingerprint density at radius 3 is 2.74 bits per heavy atom. The number of nitrogens with one attached hydrogen (secondary N) is 2. The molecule has 8 heteroatoms. The van der Waals surface area contributed by atoms with Crippen LogP contribution >= 0.6 is 0 Å². The Morgan fingerprint density at radius 2 is 1.97 bits per heavy atom. The van der Waals surface area contributed by atoms with E-state index < -0.39 is 11.7 Å². The molecule has 1 saturated heterocycles. The third-order valence-electron chi connectivity index (χ3n) is 7.22. The Labute approximate surface area is 196 Å². The van der Waals surface area contributed by atoms with Crippen molar-refractivity contribution in [2.75, 3.05) is 31.6 Å². The molecule has 2 N–H and O–H groups in total. The fourth-order valence-electron chi connectivity index (χ4n) is 5.29. The second kappa shape index (κ2) is 8.20. The minimum absolute atomic E-state index is 0.0345. The molecule has 1 aromatic heterocycles. The van der Waals surface area contributed by atoms with Gasteiger partial charge in [0.1, 0.15) is 12.4 Å². The number of hydrogen-bond donors (Lipinski definition) is 2. The molecule has 1 aliphatic carbocycles. The maximum absolute atomic E-state index is 13.4. The lowest BCUT2D eigenvalue weighted by atomic mass is 9.92. The maximum atomic E-state index is 13.4. The van der Waals surface area contributed by atoms with Crippen LogP contribution in [0.15, 0.2) is 42.5 Å². The number of hydrogen-bond acceptors (Lipinski definition) is 4. The summed E-state index contributed by atoms with van der Waals surface area (Å²) in [5, 5.41) is 4.82.